The molecule has 0 fully saturated rings. The van der Waals surface area contributed by atoms with Gasteiger partial charge in [-0.3, -0.25) is 4.79 Å². The average Bonchev–Trinajstić information content (AvgIpc) is 3.13. The van der Waals surface area contributed by atoms with Gasteiger partial charge in [-0.05, 0) is 12.1 Å². The minimum atomic E-state index is -0.893. The van der Waals surface area contributed by atoms with E-state index >= 15 is 0 Å². The van der Waals surface area contributed by atoms with Gasteiger partial charge in [0.15, 0.2) is 11.5 Å². The number of anilines is 1. The minimum Gasteiger partial charge on any atom is -0.454 e. The molecule has 0 saturated carbocycles. The monoisotopic (exact) mass is 386 g/mol. The second-order valence-corrected chi connectivity index (χ2v) is 5.85. The topological polar surface area (TPSA) is 114 Å². The Morgan fingerprint density at radius 1 is 0.964 bits per heavy atom. The molecule has 0 radical (unpaired) electrons. The van der Waals surface area contributed by atoms with Gasteiger partial charge in [-0.2, -0.15) is 0 Å². The largest absolute Gasteiger partial charge is 0.454 e. The first-order chi connectivity index (χ1) is 13.5. The second-order valence-electron chi connectivity index (χ2n) is 5.85. The summed E-state index contributed by atoms with van der Waals surface area (Å²) in [5, 5.41) is 2.58. The SMILES string of the molecule is C=CCn1c(=O)n(CC=C)c(=O)n(CC(=O)Nc2ccc3c(c2)OCO3)c1=O. The molecule has 0 saturated heterocycles. The number of aromatic nitrogens is 3. The maximum absolute atomic E-state index is 12.5. The molecule has 10 nitrogen and oxygen atoms in total. The van der Waals surface area contributed by atoms with Crippen LogP contribution in [0.2, 0.25) is 0 Å². The van der Waals surface area contributed by atoms with Gasteiger partial charge in [0.2, 0.25) is 12.7 Å². The van der Waals surface area contributed by atoms with Crippen LogP contribution in [0.15, 0.2) is 57.9 Å². The second kappa shape index (κ2) is 7.82. The molecule has 2 heterocycles. The number of hydrogen-bond donors (Lipinski definition) is 1. The van der Waals surface area contributed by atoms with Gasteiger partial charge in [-0.25, -0.2) is 28.1 Å². The molecule has 0 spiro atoms. The van der Waals surface area contributed by atoms with Gasteiger partial charge in [0, 0.05) is 11.8 Å². The molecule has 1 aliphatic heterocycles. The Labute approximate surface area is 158 Å². The van der Waals surface area contributed by atoms with Crippen molar-refractivity contribution in [3.63, 3.8) is 0 Å². The van der Waals surface area contributed by atoms with Crippen molar-refractivity contribution >= 4 is 11.6 Å². The number of hydrogen-bond acceptors (Lipinski definition) is 6. The Balaban J connectivity index is 1.92. The third-order valence-electron chi connectivity index (χ3n) is 3.97. The van der Waals surface area contributed by atoms with Crippen LogP contribution in [0.3, 0.4) is 0 Å². The average molecular weight is 386 g/mol. The zero-order chi connectivity index (χ0) is 20.3. The molecule has 0 unspecified atom stereocenters. The number of allylic oxidation sites excluding steroid dienone is 2. The van der Waals surface area contributed by atoms with E-state index < -0.39 is 29.5 Å². The molecule has 10 heteroatoms. The van der Waals surface area contributed by atoms with Crippen LogP contribution < -0.4 is 31.9 Å². The van der Waals surface area contributed by atoms with Gasteiger partial charge in [-0.1, -0.05) is 12.2 Å². The first-order valence-electron chi connectivity index (χ1n) is 8.32. The van der Waals surface area contributed by atoms with Crippen molar-refractivity contribution in [1.29, 1.82) is 0 Å². The van der Waals surface area contributed by atoms with Crippen molar-refractivity contribution in [2.24, 2.45) is 0 Å². The van der Waals surface area contributed by atoms with E-state index in [0.29, 0.717) is 21.8 Å². The van der Waals surface area contributed by atoms with Crippen LogP contribution >= 0.6 is 0 Å². The molecule has 1 aromatic carbocycles. The third-order valence-corrected chi connectivity index (χ3v) is 3.97. The minimum absolute atomic E-state index is 0.0931. The van der Waals surface area contributed by atoms with Crippen molar-refractivity contribution in [2.75, 3.05) is 12.1 Å². The smallest absolute Gasteiger partial charge is 0.337 e. The number of nitrogens with zero attached hydrogens (tertiary/aromatic N) is 3. The van der Waals surface area contributed by atoms with Gasteiger partial charge in [-0.15, -0.1) is 13.2 Å². The summed E-state index contributed by atoms with van der Waals surface area (Å²) in [5.74, 6) is 0.410. The summed E-state index contributed by atoms with van der Waals surface area (Å²) in [5.41, 5.74) is -2.16. The molecule has 3 rings (SSSR count). The lowest BCUT2D eigenvalue weighted by atomic mass is 10.3. The number of amides is 1. The van der Waals surface area contributed by atoms with E-state index in [1.807, 2.05) is 0 Å². The molecule has 1 aliphatic rings. The Morgan fingerprint density at radius 3 is 2.14 bits per heavy atom. The molecule has 0 aliphatic carbocycles. The molecule has 146 valence electrons. The van der Waals surface area contributed by atoms with Crippen LogP contribution in [0.5, 0.6) is 11.5 Å². The van der Waals surface area contributed by atoms with Gasteiger partial charge < -0.3 is 14.8 Å². The van der Waals surface area contributed by atoms with Gasteiger partial charge in [0.05, 0.1) is 13.1 Å². The van der Waals surface area contributed by atoms with E-state index in [2.05, 4.69) is 18.5 Å². The van der Waals surface area contributed by atoms with Crippen LogP contribution in [-0.2, 0) is 24.4 Å². The summed E-state index contributed by atoms with van der Waals surface area (Å²) < 4.78 is 12.8. The highest BCUT2D eigenvalue weighted by Crippen LogP contribution is 2.34. The van der Waals surface area contributed by atoms with Gasteiger partial charge >= 0.3 is 17.1 Å². The molecule has 1 amide bonds. The number of benzene rings is 1. The lowest BCUT2D eigenvalue weighted by molar-refractivity contribution is -0.116. The summed E-state index contributed by atoms with van der Waals surface area (Å²) in [6.45, 7) is 6.32. The Morgan fingerprint density at radius 2 is 1.54 bits per heavy atom. The van der Waals surface area contributed by atoms with Crippen molar-refractivity contribution in [3.05, 3.63) is 75.0 Å². The molecule has 28 heavy (non-hydrogen) atoms. The third kappa shape index (κ3) is 3.52. The lowest BCUT2D eigenvalue weighted by Gasteiger charge is -2.12. The normalized spacial score (nSPS) is 11.9. The zero-order valence-corrected chi connectivity index (χ0v) is 14.9. The number of ether oxygens (including phenoxy) is 2. The predicted octanol–water partition coefficient (Wildman–Crippen LogP) is -0.0889. The van der Waals surface area contributed by atoms with Gasteiger partial charge in [0.25, 0.3) is 0 Å². The van der Waals surface area contributed by atoms with Crippen LogP contribution in [0.4, 0.5) is 5.69 Å². The van der Waals surface area contributed by atoms with Crippen molar-refractivity contribution in [2.45, 2.75) is 19.6 Å². The Hall–Kier alpha value is -3.82. The highest BCUT2D eigenvalue weighted by molar-refractivity contribution is 5.90. The fourth-order valence-corrected chi connectivity index (χ4v) is 2.71. The maximum Gasteiger partial charge on any atom is 0.337 e. The highest BCUT2D eigenvalue weighted by Gasteiger charge is 2.18. The summed E-state index contributed by atoms with van der Waals surface area (Å²) >= 11 is 0. The summed E-state index contributed by atoms with van der Waals surface area (Å²) in [4.78, 5) is 49.8. The van der Waals surface area contributed by atoms with E-state index in [4.69, 9.17) is 9.47 Å². The van der Waals surface area contributed by atoms with Gasteiger partial charge in [0.1, 0.15) is 6.54 Å². The highest BCUT2D eigenvalue weighted by atomic mass is 16.7. The molecule has 2 aromatic rings. The number of carbonyl (C=O) groups is 1. The fraction of sp³-hybridized carbons (Fsp3) is 0.222. The first kappa shape index (κ1) is 19.0. The van der Waals surface area contributed by atoms with Crippen LogP contribution in [0.25, 0.3) is 0 Å². The van der Waals surface area contributed by atoms with Crippen molar-refractivity contribution in [1.82, 2.24) is 13.7 Å². The quantitative estimate of drug-likeness (QED) is 0.666. The van der Waals surface area contributed by atoms with E-state index in [-0.39, 0.29) is 19.9 Å². The number of fused-ring (bicyclic) bond motifs is 1. The van der Waals surface area contributed by atoms with Crippen LogP contribution in [0.1, 0.15) is 0 Å². The summed E-state index contributed by atoms with van der Waals surface area (Å²) in [6, 6.07) is 4.80. The molecule has 1 N–H and O–H groups in total. The number of nitrogens with one attached hydrogen (secondary N) is 1. The molecule has 1 aromatic heterocycles. The number of rotatable bonds is 7. The molecular formula is C18H18N4O6. The Kier molecular flexibility index (Phi) is 5.30. The molecular weight excluding hydrogens is 368 g/mol. The lowest BCUT2D eigenvalue weighted by Crippen LogP contribution is -2.55. The fourth-order valence-electron chi connectivity index (χ4n) is 2.71. The van der Waals surface area contributed by atoms with Crippen molar-refractivity contribution in [3.8, 4) is 11.5 Å². The molecule has 0 atom stereocenters. The van der Waals surface area contributed by atoms with Crippen LogP contribution in [-0.4, -0.2) is 26.4 Å². The van der Waals surface area contributed by atoms with Crippen LogP contribution in [0, 0.1) is 0 Å². The van der Waals surface area contributed by atoms with Crippen molar-refractivity contribution < 1.29 is 14.3 Å². The predicted molar refractivity (Wildman–Crippen MR) is 101 cm³/mol. The van der Waals surface area contributed by atoms with E-state index in [1.54, 1.807) is 18.2 Å². The summed E-state index contributed by atoms with van der Waals surface area (Å²) in [6.07, 6.45) is 2.70. The van der Waals surface area contributed by atoms with E-state index in [0.717, 1.165) is 9.13 Å². The van der Waals surface area contributed by atoms with E-state index in [9.17, 15) is 19.2 Å². The zero-order valence-electron chi connectivity index (χ0n) is 14.9. The standard InChI is InChI=1S/C18H18N4O6/c1-3-7-20-16(24)21(8-4-2)18(26)22(17(20)25)10-15(23)19-12-5-6-13-14(9-12)28-11-27-13/h3-6,9H,1-2,7-8,10-11H2,(H,19,23). The molecule has 0 bridgehead atoms. The first-order valence-corrected chi connectivity index (χ1v) is 8.32. The number of carbonyl (C=O) groups excluding carboxylic acids is 1. The maximum atomic E-state index is 12.5. The summed E-state index contributed by atoms with van der Waals surface area (Å²) in [7, 11) is 0. The Bertz CT molecular complexity index is 1080. The van der Waals surface area contributed by atoms with E-state index in [1.165, 1.54) is 12.2 Å².